The van der Waals surface area contributed by atoms with Crippen molar-refractivity contribution in [2.24, 2.45) is 5.92 Å². The molecule has 1 aliphatic heterocycles. The topological polar surface area (TPSA) is 66.8 Å². The van der Waals surface area contributed by atoms with Crippen molar-refractivity contribution in [2.75, 3.05) is 6.54 Å². The van der Waals surface area contributed by atoms with Crippen molar-refractivity contribution in [3.63, 3.8) is 0 Å². The molecule has 1 aromatic rings. The van der Waals surface area contributed by atoms with Gasteiger partial charge in [0.15, 0.2) is 11.5 Å². The summed E-state index contributed by atoms with van der Waals surface area (Å²) in [7, 11) is 0. The molecule has 5 nitrogen and oxygen atoms in total. The van der Waals surface area contributed by atoms with Gasteiger partial charge in [-0.2, -0.15) is 0 Å². The fraction of sp³-hybridized carbons (Fsp3) is 0.545. The van der Waals surface area contributed by atoms with E-state index in [0.717, 1.165) is 18.4 Å². The van der Waals surface area contributed by atoms with E-state index in [-0.39, 0.29) is 29.8 Å². The van der Waals surface area contributed by atoms with E-state index in [2.05, 4.69) is 0 Å². The zero-order valence-electron chi connectivity index (χ0n) is 17.0. The van der Waals surface area contributed by atoms with Crippen molar-refractivity contribution in [3.05, 3.63) is 41.2 Å². The van der Waals surface area contributed by atoms with Gasteiger partial charge < -0.3 is 14.7 Å². The number of ether oxygens (including phenoxy) is 1. The molecule has 0 saturated carbocycles. The highest BCUT2D eigenvalue weighted by Crippen LogP contribution is 2.42. The molecule has 1 N–H and O–H groups in total. The quantitative estimate of drug-likeness (QED) is 0.688. The van der Waals surface area contributed by atoms with E-state index in [1.165, 1.54) is 0 Å². The number of nitrogens with zero attached hydrogens (tertiary/aromatic N) is 1. The summed E-state index contributed by atoms with van der Waals surface area (Å²) in [5, 5.41) is 10.5. The van der Waals surface area contributed by atoms with Crippen LogP contribution in [-0.4, -0.2) is 34.3 Å². The third kappa shape index (κ3) is 4.71. The van der Waals surface area contributed by atoms with Gasteiger partial charge in [0, 0.05) is 18.5 Å². The van der Waals surface area contributed by atoms with Crippen LogP contribution in [0.2, 0.25) is 0 Å². The van der Waals surface area contributed by atoms with Crippen molar-refractivity contribution in [1.29, 1.82) is 0 Å². The SMILES string of the molecule is CCCCN1C(=O)C(O)=C(C(=O)CC(C)C)C1c1ccccc1OC(C)C. The molecular weight excluding hydrogens is 342 g/mol. The molecule has 2 rings (SSSR count). The highest BCUT2D eigenvalue weighted by Gasteiger charge is 2.44. The predicted octanol–water partition coefficient (Wildman–Crippen LogP) is 4.58. The predicted molar refractivity (Wildman–Crippen MR) is 106 cm³/mol. The summed E-state index contributed by atoms with van der Waals surface area (Å²) in [5.41, 5.74) is 0.941. The summed E-state index contributed by atoms with van der Waals surface area (Å²) in [6.45, 7) is 10.3. The van der Waals surface area contributed by atoms with Crippen LogP contribution >= 0.6 is 0 Å². The Hall–Kier alpha value is -2.30. The molecule has 1 atom stereocenters. The molecule has 1 aromatic carbocycles. The monoisotopic (exact) mass is 373 g/mol. The molecule has 1 heterocycles. The normalized spacial score (nSPS) is 17.4. The smallest absolute Gasteiger partial charge is 0.290 e. The molecule has 0 aromatic heterocycles. The van der Waals surface area contributed by atoms with Crippen molar-refractivity contribution in [1.82, 2.24) is 4.90 Å². The minimum Gasteiger partial charge on any atom is -0.503 e. The van der Waals surface area contributed by atoms with Crippen LogP contribution in [0.1, 0.15) is 65.5 Å². The number of carbonyl (C=O) groups excluding carboxylic acids is 2. The van der Waals surface area contributed by atoms with Gasteiger partial charge in [-0.3, -0.25) is 9.59 Å². The number of hydrogen-bond acceptors (Lipinski definition) is 4. The van der Waals surface area contributed by atoms with E-state index in [0.29, 0.717) is 12.3 Å². The number of aliphatic hydroxyl groups excluding tert-OH is 1. The molecule has 0 bridgehead atoms. The van der Waals surface area contributed by atoms with E-state index in [1.54, 1.807) is 4.90 Å². The molecule has 0 fully saturated rings. The maximum Gasteiger partial charge on any atom is 0.290 e. The second-order valence-electron chi connectivity index (χ2n) is 7.74. The molecular formula is C22H31NO4. The number of carbonyl (C=O) groups is 2. The number of Topliss-reactive ketones (excluding diaryl/α,β-unsaturated/α-hetero) is 1. The third-order valence-corrected chi connectivity index (χ3v) is 4.53. The van der Waals surface area contributed by atoms with Crippen LogP contribution in [0.25, 0.3) is 0 Å². The summed E-state index contributed by atoms with van der Waals surface area (Å²) in [6, 6.07) is 6.84. The lowest BCUT2D eigenvalue weighted by Gasteiger charge is -2.28. The fourth-order valence-electron chi connectivity index (χ4n) is 3.37. The number of aliphatic hydroxyl groups is 1. The van der Waals surface area contributed by atoms with Crippen molar-refractivity contribution in [2.45, 2.75) is 66.0 Å². The minimum absolute atomic E-state index is 0.0419. The Morgan fingerprint density at radius 3 is 2.48 bits per heavy atom. The maximum absolute atomic E-state index is 12.9. The molecule has 5 heteroatoms. The molecule has 0 spiro atoms. The average molecular weight is 373 g/mol. The third-order valence-electron chi connectivity index (χ3n) is 4.53. The van der Waals surface area contributed by atoms with E-state index in [4.69, 9.17) is 4.74 Å². The first-order valence-electron chi connectivity index (χ1n) is 9.80. The van der Waals surface area contributed by atoms with Crippen LogP contribution in [0.3, 0.4) is 0 Å². The van der Waals surface area contributed by atoms with Gasteiger partial charge in [0.05, 0.1) is 17.7 Å². The zero-order chi connectivity index (χ0) is 20.1. The van der Waals surface area contributed by atoms with Crippen molar-refractivity contribution in [3.8, 4) is 5.75 Å². The number of ketones is 1. The molecule has 148 valence electrons. The maximum atomic E-state index is 12.9. The van der Waals surface area contributed by atoms with Crippen LogP contribution in [0.4, 0.5) is 0 Å². The first-order valence-corrected chi connectivity index (χ1v) is 9.80. The molecule has 0 aliphatic carbocycles. The van der Waals surface area contributed by atoms with E-state index in [9.17, 15) is 14.7 Å². The van der Waals surface area contributed by atoms with Crippen molar-refractivity contribution < 1.29 is 19.4 Å². The van der Waals surface area contributed by atoms with E-state index >= 15 is 0 Å². The van der Waals surface area contributed by atoms with Gasteiger partial charge >= 0.3 is 0 Å². The van der Waals surface area contributed by atoms with Gasteiger partial charge in [-0.05, 0) is 32.3 Å². The number of hydrogen-bond donors (Lipinski definition) is 1. The van der Waals surface area contributed by atoms with Gasteiger partial charge in [0.1, 0.15) is 5.75 Å². The van der Waals surface area contributed by atoms with Crippen LogP contribution in [0.5, 0.6) is 5.75 Å². The Balaban J connectivity index is 2.55. The standard InChI is InChI=1S/C22H31NO4/c1-6-7-12-23-20(16-10-8-9-11-18(16)27-15(4)5)19(21(25)22(23)26)17(24)13-14(2)3/h8-11,14-15,20,25H,6-7,12-13H2,1-5H3. The van der Waals surface area contributed by atoms with E-state index in [1.807, 2.05) is 58.9 Å². The highest BCUT2D eigenvalue weighted by molar-refractivity contribution is 6.09. The summed E-state index contributed by atoms with van der Waals surface area (Å²) in [6.07, 6.45) is 1.96. The van der Waals surface area contributed by atoms with Crippen LogP contribution < -0.4 is 4.74 Å². The Bertz CT molecular complexity index is 721. The van der Waals surface area contributed by atoms with Gasteiger partial charge in [-0.25, -0.2) is 0 Å². The average Bonchev–Trinajstić information content (AvgIpc) is 2.83. The number of amides is 1. The van der Waals surface area contributed by atoms with Gasteiger partial charge in [0.2, 0.25) is 0 Å². The molecule has 1 aliphatic rings. The lowest BCUT2D eigenvalue weighted by atomic mass is 9.91. The number of benzene rings is 1. The summed E-state index contributed by atoms with van der Waals surface area (Å²) >= 11 is 0. The first-order chi connectivity index (χ1) is 12.8. The van der Waals surface area contributed by atoms with Gasteiger partial charge in [-0.1, -0.05) is 45.4 Å². The van der Waals surface area contributed by atoms with Crippen LogP contribution in [0.15, 0.2) is 35.6 Å². The second kappa shape index (κ2) is 9.07. The van der Waals surface area contributed by atoms with E-state index < -0.39 is 17.7 Å². The number of rotatable bonds is 9. The van der Waals surface area contributed by atoms with Crippen molar-refractivity contribution >= 4 is 11.7 Å². The van der Waals surface area contributed by atoms with Crippen LogP contribution in [0, 0.1) is 5.92 Å². The van der Waals surface area contributed by atoms with Crippen LogP contribution in [-0.2, 0) is 9.59 Å². The Labute approximate surface area is 162 Å². The lowest BCUT2D eigenvalue weighted by Crippen LogP contribution is -2.32. The molecule has 1 unspecified atom stereocenters. The zero-order valence-corrected chi connectivity index (χ0v) is 17.0. The largest absolute Gasteiger partial charge is 0.503 e. The van der Waals surface area contributed by atoms with Gasteiger partial charge in [-0.15, -0.1) is 0 Å². The highest BCUT2D eigenvalue weighted by atomic mass is 16.5. The summed E-state index contributed by atoms with van der Waals surface area (Å²) in [4.78, 5) is 27.3. The second-order valence-corrected chi connectivity index (χ2v) is 7.74. The molecule has 0 saturated heterocycles. The Morgan fingerprint density at radius 1 is 1.22 bits per heavy atom. The first kappa shape index (κ1) is 21.0. The summed E-state index contributed by atoms with van der Waals surface area (Å²) in [5.74, 6) is -0.294. The number of unbranched alkanes of at least 4 members (excludes halogenated alkanes) is 1. The minimum atomic E-state index is -0.606. The molecule has 0 radical (unpaired) electrons. The van der Waals surface area contributed by atoms with Gasteiger partial charge in [0.25, 0.3) is 5.91 Å². The fourth-order valence-corrected chi connectivity index (χ4v) is 3.37. The number of para-hydroxylation sites is 1. The molecule has 1 amide bonds. The summed E-state index contributed by atoms with van der Waals surface area (Å²) < 4.78 is 5.94. The Morgan fingerprint density at radius 2 is 1.89 bits per heavy atom. The Kier molecular flexibility index (Phi) is 7.05. The molecule has 27 heavy (non-hydrogen) atoms. The lowest BCUT2D eigenvalue weighted by molar-refractivity contribution is -0.129.